The minimum atomic E-state index is -3.07. The molecule has 0 radical (unpaired) electrons. The first-order valence-corrected chi connectivity index (χ1v) is 7.14. The average molecular weight is 241 g/mol. The van der Waals surface area contributed by atoms with Crippen LogP contribution in [0, 0.1) is 6.92 Å². The van der Waals surface area contributed by atoms with Gasteiger partial charge in [-0.3, -0.25) is 0 Å². The minimum Gasteiger partial charge on any atom is -0.330 e. The summed E-state index contributed by atoms with van der Waals surface area (Å²) in [6, 6.07) is 7.60. The normalized spacial score (nSPS) is 13.7. The van der Waals surface area contributed by atoms with Gasteiger partial charge in [0.05, 0.1) is 11.0 Å². The Kier molecular flexibility index (Phi) is 4.50. The third-order valence-corrected chi connectivity index (χ3v) is 4.83. The van der Waals surface area contributed by atoms with Crippen molar-refractivity contribution in [2.45, 2.75) is 31.3 Å². The number of rotatable bonds is 5. The second kappa shape index (κ2) is 5.46. The number of nitrogens with two attached hydrogens (primary N) is 1. The average Bonchev–Trinajstić information content (AvgIpc) is 2.17. The first kappa shape index (κ1) is 13.2. The minimum absolute atomic E-state index is 0.107. The fraction of sp³-hybridized carbons (Fsp3) is 0.500. The molecule has 0 amide bonds. The van der Waals surface area contributed by atoms with Gasteiger partial charge in [0.15, 0.2) is 9.84 Å². The summed E-state index contributed by atoms with van der Waals surface area (Å²) in [6.07, 6.45) is 0.522. The predicted octanol–water partition coefficient (Wildman–Crippen LogP) is 1.65. The molecule has 0 spiro atoms. The van der Waals surface area contributed by atoms with Crippen molar-refractivity contribution in [3.8, 4) is 0 Å². The Morgan fingerprint density at radius 1 is 1.38 bits per heavy atom. The standard InChI is InChI=1S/C12H19NO2S/c1-10-4-3-5-12(8-10)9-16(14,15)11(2)6-7-13/h3-5,8,11H,6-7,9,13H2,1-2H3. The van der Waals surface area contributed by atoms with Crippen LogP contribution in [-0.4, -0.2) is 20.2 Å². The van der Waals surface area contributed by atoms with E-state index in [1.165, 1.54) is 0 Å². The lowest BCUT2D eigenvalue weighted by atomic mass is 10.2. The summed E-state index contributed by atoms with van der Waals surface area (Å²) in [6.45, 7) is 4.09. The summed E-state index contributed by atoms with van der Waals surface area (Å²) in [5.41, 5.74) is 7.31. The van der Waals surface area contributed by atoms with Crippen molar-refractivity contribution < 1.29 is 8.42 Å². The molecule has 4 heteroatoms. The van der Waals surface area contributed by atoms with Crippen LogP contribution in [0.15, 0.2) is 24.3 Å². The summed E-state index contributed by atoms with van der Waals surface area (Å²) in [7, 11) is -3.07. The molecule has 90 valence electrons. The molecule has 0 heterocycles. The van der Waals surface area contributed by atoms with Gasteiger partial charge in [-0.1, -0.05) is 29.8 Å². The molecule has 0 aliphatic rings. The highest BCUT2D eigenvalue weighted by Gasteiger charge is 2.20. The quantitative estimate of drug-likeness (QED) is 0.852. The SMILES string of the molecule is Cc1cccc(CS(=O)(=O)C(C)CCN)c1. The van der Waals surface area contributed by atoms with E-state index in [4.69, 9.17) is 5.73 Å². The van der Waals surface area contributed by atoms with Crippen LogP contribution in [0.2, 0.25) is 0 Å². The largest absolute Gasteiger partial charge is 0.330 e. The zero-order chi connectivity index (χ0) is 12.2. The van der Waals surface area contributed by atoms with Crippen LogP contribution in [-0.2, 0) is 15.6 Å². The van der Waals surface area contributed by atoms with E-state index < -0.39 is 9.84 Å². The Morgan fingerprint density at radius 3 is 2.62 bits per heavy atom. The van der Waals surface area contributed by atoms with E-state index in [1.54, 1.807) is 6.92 Å². The van der Waals surface area contributed by atoms with Crippen LogP contribution in [0.1, 0.15) is 24.5 Å². The van der Waals surface area contributed by atoms with Gasteiger partial charge in [0, 0.05) is 0 Å². The fourth-order valence-electron chi connectivity index (χ4n) is 1.59. The van der Waals surface area contributed by atoms with Crippen molar-refractivity contribution in [3.63, 3.8) is 0 Å². The number of aryl methyl sites for hydroxylation is 1. The molecule has 3 nitrogen and oxygen atoms in total. The van der Waals surface area contributed by atoms with Crippen LogP contribution >= 0.6 is 0 Å². The summed E-state index contributed by atoms with van der Waals surface area (Å²) >= 11 is 0. The van der Waals surface area contributed by atoms with Crippen molar-refractivity contribution in [2.75, 3.05) is 6.54 Å². The smallest absolute Gasteiger partial charge is 0.157 e. The molecule has 0 saturated carbocycles. The lowest BCUT2D eigenvalue weighted by molar-refractivity contribution is 0.577. The molecule has 1 unspecified atom stereocenters. The van der Waals surface area contributed by atoms with E-state index >= 15 is 0 Å². The van der Waals surface area contributed by atoms with Crippen LogP contribution < -0.4 is 5.73 Å². The van der Waals surface area contributed by atoms with E-state index in [1.807, 2.05) is 31.2 Å². The first-order chi connectivity index (χ1) is 7.45. The number of hydrogen-bond acceptors (Lipinski definition) is 3. The van der Waals surface area contributed by atoms with Gasteiger partial charge in [-0.25, -0.2) is 8.42 Å². The Labute approximate surface area is 97.6 Å². The van der Waals surface area contributed by atoms with Crippen molar-refractivity contribution in [2.24, 2.45) is 5.73 Å². The molecule has 0 aromatic heterocycles. The van der Waals surface area contributed by atoms with Gasteiger partial charge in [-0.15, -0.1) is 0 Å². The first-order valence-electron chi connectivity index (χ1n) is 5.43. The second-order valence-corrected chi connectivity index (χ2v) is 6.60. The van der Waals surface area contributed by atoms with E-state index in [0.717, 1.165) is 11.1 Å². The number of hydrogen-bond donors (Lipinski definition) is 1. The molecule has 0 bridgehead atoms. The molecule has 0 aliphatic heterocycles. The molecule has 0 fully saturated rings. The van der Waals surface area contributed by atoms with E-state index in [9.17, 15) is 8.42 Å². The maximum atomic E-state index is 11.9. The zero-order valence-electron chi connectivity index (χ0n) is 9.81. The lowest BCUT2D eigenvalue weighted by Gasteiger charge is -2.11. The summed E-state index contributed by atoms with van der Waals surface area (Å²) in [4.78, 5) is 0. The number of sulfone groups is 1. The van der Waals surface area contributed by atoms with Crippen LogP contribution in [0.3, 0.4) is 0 Å². The van der Waals surface area contributed by atoms with Crippen LogP contribution in [0.5, 0.6) is 0 Å². The van der Waals surface area contributed by atoms with E-state index in [0.29, 0.717) is 13.0 Å². The van der Waals surface area contributed by atoms with Crippen molar-refractivity contribution >= 4 is 9.84 Å². The molecule has 2 N–H and O–H groups in total. The van der Waals surface area contributed by atoms with Crippen molar-refractivity contribution in [1.29, 1.82) is 0 Å². The van der Waals surface area contributed by atoms with Gasteiger partial charge in [0.25, 0.3) is 0 Å². The third kappa shape index (κ3) is 3.61. The highest BCUT2D eigenvalue weighted by molar-refractivity contribution is 7.91. The van der Waals surface area contributed by atoms with Crippen molar-refractivity contribution in [1.82, 2.24) is 0 Å². The van der Waals surface area contributed by atoms with Gasteiger partial charge in [-0.2, -0.15) is 0 Å². The molecule has 1 aromatic rings. The van der Waals surface area contributed by atoms with Gasteiger partial charge >= 0.3 is 0 Å². The Bertz CT molecular complexity index is 440. The Hall–Kier alpha value is -0.870. The monoisotopic (exact) mass is 241 g/mol. The van der Waals surface area contributed by atoms with Gasteiger partial charge in [-0.05, 0) is 32.4 Å². The molecule has 1 aromatic carbocycles. The zero-order valence-corrected chi connectivity index (χ0v) is 10.6. The van der Waals surface area contributed by atoms with Crippen LogP contribution in [0.25, 0.3) is 0 Å². The third-order valence-electron chi connectivity index (χ3n) is 2.64. The van der Waals surface area contributed by atoms with Gasteiger partial charge in [0.2, 0.25) is 0 Å². The molecule has 0 aliphatic carbocycles. The highest BCUT2D eigenvalue weighted by atomic mass is 32.2. The molecular weight excluding hydrogens is 222 g/mol. The summed E-state index contributed by atoms with van der Waals surface area (Å²) in [5, 5.41) is -0.363. The van der Waals surface area contributed by atoms with Crippen molar-refractivity contribution in [3.05, 3.63) is 35.4 Å². The summed E-state index contributed by atoms with van der Waals surface area (Å²) < 4.78 is 23.9. The lowest BCUT2D eigenvalue weighted by Crippen LogP contribution is -2.22. The molecule has 16 heavy (non-hydrogen) atoms. The predicted molar refractivity (Wildman–Crippen MR) is 66.9 cm³/mol. The van der Waals surface area contributed by atoms with Crippen LogP contribution in [0.4, 0.5) is 0 Å². The maximum Gasteiger partial charge on any atom is 0.157 e. The van der Waals surface area contributed by atoms with E-state index in [-0.39, 0.29) is 11.0 Å². The Balaban J connectivity index is 2.80. The molecule has 1 rings (SSSR count). The second-order valence-electron chi connectivity index (χ2n) is 4.18. The van der Waals surface area contributed by atoms with E-state index in [2.05, 4.69) is 0 Å². The molecule has 0 saturated heterocycles. The maximum absolute atomic E-state index is 11.9. The molecular formula is C12H19NO2S. The Morgan fingerprint density at radius 2 is 2.06 bits per heavy atom. The van der Waals surface area contributed by atoms with Gasteiger partial charge < -0.3 is 5.73 Å². The molecule has 1 atom stereocenters. The topological polar surface area (TPSA) is 60.2 Å². The fourth-order valence-corrected chi connectivity index (χ4v) is 3.01. The van der Waals surface area contributed by atoms with Gasteiger partial charge in [0.1, 0.15) is 0 Å². The summed E-state index contributed by atoms with van der Waals surface area (Å²) in [5.74, 6) is 0.107. The highest BCUT2D eigenvalue weighted by Crippen LogP contribution is 2.14. The number of benzene rings is 1.